The molecule has 138 valence electrons. The normalized spacial score (nSPS) is 26.7. The van der Waals surface area contributed by atoms with E-state index in [9.17, 15) is 5.26 Å². The Morgan fingerprint density at radius 1 is 1.27 bits per heavy atom. The zero-order chi connectivity index (χ0) is 18.1. The monoisotopic (exact) mass is 354 g/mol. The number of aromatic nitrogens is 2. The molecule has 3 heterocycles. The fourth-order valence-corrected chi connectivity index (χ4v) is 4.21. The van der Waals surface area contributed by atoms with Gasteiger partial charge in [-0.2, -0.15) is 10.4 Å². The summed E-state index contributed by atoms with van der Waals surface area (Å²) in [5.74, 6) is 2.04. The molecule has 2 aliphatic rings. The SMILES string of the molecule is CC1C[C@@H](C)CC[C@H]1Oc1cc(N2CCOCC2)cn2ncc(C#N)c12. The molecule has 0 N–H and O–H groups in total. The lowest BCUT2D eigenvalue weighted by Gasteiger charge is -2.33. The molecule has 1 saturated heterocycles. The van der Waals surface area contributed by atoms with Crippen LogP contribution in [-0.4, -0.2) is 42.0 Å². The van der Waals surface area contributed by atoms with Crippen LogP contribution in [0.5, 0.6) is 5.75 Å². The minimum absolute atomic E-state index is 0.191. The zero-order valence-electron chi connectivity index (χ0n) is 15.5. The molecule has 0 aromatic carbocycles. The molecule has 2 aromatic heterocycles. The molecular formula is C20H26N4O2. The quantitative estimate of drug-likeness (QED) is 0.847. The van der Waals surface area contributed by atoms with Gasteiger partial charge in [0.1, 0.15) is 29.0 Å². The molecule has 1 unspecified atom stereocenters. The van der Waals surface area contributed by atoms with Crippen molar-refractivity contribution in [3.63, 3.8) is 0 Å². The number of hydrogen-bond acceptors (Lipinski definition) is 5. The van der Waals surface area contributed by atoms with Crippen LogP contribution in [0.3, 0.4) is 0 Å². The maximum atomic E-state index is 9.47. The van der Waals surface area contributed by atoms with Crippen LogP contribution >= 0.6 is 0 Å². The predicted octanol–water partition coefficient (Wildman–Crippen LogP) is 3.25. The maximum Gasteiger partial charge on any atom is 0.148 e. The molecule has 0 amide bonds. The van der Waals surface area contributed by atoms with Crippen molar-refractivity contribution in [3.8, 4) is 11.8 Å². The highest BCUT2D eigenvalue weighted by atomic mass is 16.5. The van der Waals surface area contributed by atoms with Gasteiger partial charge in [0.05, 0.1) is 31.3 Å². The van der Waals surface area contributed by atoms with Crippen molar-refractivity contribution < 1.29 is 9.47 Å². The Hall–Kier alpha value is -2.26. The van der Waals surface area contributed by atoms with E-state index >= 15 is 0 Å². The summed E-state index contributed by atoms with van der Waals surface area (Å²) < 4.78 is 13.7. The third kappa shape index (κ3) is 3.24. The largest absolute Gasteiger partial charge is 0.488 e. The number of anilines is 1. The van der Waals surface area contributed by atoms with Gasteiger partial charge < -0.3 is 14.4 Å². The van der Waals surface area contributed by atoms with Gasteiger partial charge in [-0.3, -0.25) is 0 Å². The van der Waals surface area contributed by atoms with Crippen LogP contribution in [0.1, 0.15) is 38.7 Å². The van der Waals surface area contributed by atoms with Crippen LogP contribution in [0, 0.1) is 23.2 Å². The molecule has 0 spiro atoms. The number of nitriles is 1. The third-order valence-corrected chi connectivity index (χ3v) is 5.69. The Balaban J connectivity index is 1.70. The Morgan fingerprint density at radius 2 is 2.08 bits per heavy atom. The lowest BCUT2D eigenvalue weighted by molar-refractivity contribution is 0.0833. The summed E-state index contributed by atoms with van der Waals surface area (Å²) in [7, 11) is 0. The lowest BCUT2D eigenvalue weighted by Crippen LogP contribution is -2.36. The summed E-state index contributed by atoms with van der Waals surface area (Å²) in [4.78, 5) is 2.29. The summed E-state index contributed by atoms with van der Waals surface area (Å²) in [5, 5.41) is 13.9. The first-order valence-electron chi connectivity index (χ1n) is 9.56. The lowest BCUT2D eigenvalue weighted by atomic mass is 9.81. The van der Waals surface area contributed by atoms with E-state index < -0.39 is 0 Å². The minimum Gasteiger partial charge on any atom is -0.488 e. The van der Waals surface area contributed by atoms with Gasteiger partial charge >= 0.3 is 0 Å². The van der Waals surface area contributed by atoms with E-state index in [1.54, 1.807) is 10.7 Å². The highest BCUT2D eigenvalue weighted by Crippen LogP contribution is 2.35. The van der Waals surface area contributed by atoms with Crippen molar-refractivity contribution in [2.24, 2.45) is 11.8 Å². The number of pyridine rings is 1. The van der Waals surface area contributed by atoms with Crippen LogP contribution in [0.15, 0.2) is 18.5 Å². The standard InChI is InChI=1S/C20H26N4O2/c1-14-3-4-18(15(2)9-14)26-19-10-17(23-5-7-25-8-6-23)13-24-20(19)16(11-21)12-22-24/h10,12-15,18H,3-9H2,1-2H3/t14-,15?,18+/m0/s1. The highest BCUT2D eigenvalue weighted by Gasteiger charge is 2.28. The molecule has 1 aliphatic heterocycles. The van der Waals surface area contributed by atoms with Crippen molar-refractivity contribution in [1.82, 2.24) is 9.61 Å². The molecule has 0 radical (unpaired) electrons. The summed E-state index contributed by atoms with van der Waals surface area (Å²) in [6, 6.07) is 4.33. The van der Waals surface area contributed by atoms with E-state index in [4.69, 9.17) is 9.47 Å². The fraction of sp³-hybridized carbons (Fsp3) is 0.600. The highest BCUT2D eigenvalue weighted by molar-refractivity contribution is 5.72. The topological polar surface area (TPSA) is 62.8 Å². The van der Waals surface area contributed by atoms with Crippen LogP contribution < -0.4 is 9.64 Å². The molecule has 3 atom stereocenters. The van der Waals surface area contributed by atoms with Gasteiger partial charge in [-0.05, 0) is 31.1 Å². The first-order valence-corrected chi connectivity index (χ1v) is 9.56. The minimum atomic E-state index is 0.191. The zero-order valence-corrected chi connectivity index (χ0v) is 15.5. The van der Waals surface area contributed by atoms with Crippen molar-refractivity contribution in [1.29, 1.82) is 5.26 Å². The second kappa shape index (κ2) is 7.16. The van der Waals surface area contributed by atoms with Gasteiger partial charge in [0, 0.05) is 19.2 Å². The summed E-state index contributed by atoms with van der Waals surface area (Å²) in [6.07, 6.45) is 7.24. The van der Waals surface area contributed by atoms with Crippen molar-refractivity contribution in [2.45, 2.75) is 39.2 Å². The van der Waals surface area contributed by atoms with E-state index in [1.165, 1.54) is 12.8 Å². The molecule has 6 nitrogen and oxygen atoms in total. The predicted molar refractivity (Wildman–Crippen MR) is 99.5 cm³/mol. The average Bonchev–Trinajstić information content (AvgIpc) is 3.08. The first kappa shape index (κ1) is 17.2. The van der Waals surface area contributed by atoms with Crippen LogP contribution in [0.2, 0.25) is 0 Å². The van der Waals surface area contributed by atoms with Gasteiger partial charge in [-0.1, -0.05) is 13.8 Å². The van der Waals surface area contributed by atoms with E-state index in [2.05, 4.69) is 36.0 Å². The van der Waals surface area contributed by atoms with Crippen molar-refractivity contribution in [2.75, 3.05) is 31.2 Å². The van der Waals surface area contributed by atoms with Gasteiger partial charge in [0.15, 0.2) is 0 Å². The molecule has 6 heteroatoms. The first-order chi connectivity index (χ1) is 12.7. The van der Waals surface area contributed by atoms with Gasteiger partial charge in [-0.25, -0.2) is 4.52 Å². The van der Waals surface area contributed by atoms with Crippen molar-refractivity contribution >= 4 is 11.2 Å². The van der Waals surface area contributed by atoms with Crippen molar-refractivity contribution in [3.05, 3.63) is 24.0 Å². The molecule has 0 bridgehead atoms. The molecule has 2 fully saturated rings. The maximum absolute atomic E-state index is 9.47. The third-order valence-electron chi connectivity index (χ3n) is 5.69. The molecule has 26 heavy (non-hydrogen) atoms. The van der Waals surface area contributed by atoms with Gasteiger partial charge in [0.25, 0.3) is 0 Å². The van der Waals surface area contributed by atoms with Crippen LogP contribution in [0.4, 0.5) is 5.69 Å². The molecule has 4 rings (SSSR count). The fourth-order valence-electron chi connectivity index (χ4n) is 4.21. The number of fused-ring (bicyclic) bond motifs is 1. The average molecular weight is 354 g/mol. The summed E-state index contributed by atoms with van der Waals surface area (Å²) in [5.41, 5.74) is 2.40. The second-order valence-electron chi connectivity index (χ2n) is 7.68. The number of nitrogens with zero attached hydrogens (tertiary/aromatic N) is 4. The Morgan fingerprint density at radius 3 is 2.81 bits per heavy atom. The molecular weight excluding hydrogens is 328 g/mol. The van der Waals surface area contributed by atoms with E-state index in [1.807, 2.05) is 6.20 Å². The molecule has 1 saturated carbocycles. The van der Waals surface area contributed by atoms with Gasteiger partial charge in [-0.15, -0.1) is 0 Å². The van der Waals surface area contributed by atoms with E-state index in [0.717, 1.165) is 55.6 Å². The summed E-state index contributed by atoms with van der Waals surface area (Å²) >= 11 is 0. The molecule has 1 aliphatic carbocycles. The van der Waals surface area contributed by atoms with Gasteiger partial charge in [0.2, 0.25) is 0 Å². The Labute approximate surface area is 154 Å². The number of ether oxygens (including phenoxy) is 2. The number of hydrogen-bond donors (Lipinski definition) is 0. The van der Waals surface area contributed by atoms with Crippen LogP contribution in [-0.2, 0) is 4.74 Å². The summed E-state index contributed by atoms with van der Waals surface area (Å²) in [6.45, 7) is 7.76. The number of morpholine rings is 1. The molecule has 2 aromatic rings. The smallest absolute Gasteiger partial charge is 0.148 e. The van der Waals surface area contributed by atoms with Crippen LogP contribution in [0.25, 0.3) is 5.52 Å². The number of rotatable bonds is 3. The van der Waals surface area contributed by atoms with E-state index in [0.29, 0.717) is 11.5 Å². The van der Waals surface area contributed by atoms with E-state index in [-0.39, 0.29) is 6.10 Å². The Kier molecular flexibility index (Phi) is 4.73. The Bertz CT molecular complexity index is 819. The second-order valence-corrected chi connectivity index (χ2v) is 7.68.